The Kier molecular flexibility index (Phi) is 4.79. The van der Waals surface area contributed by atoms with Gasteiger partial charge in [0.25, 0.3) is 10.0 Å². The van der Waals surface area contributed by atoms with Crippen LogP contribution in [-0.4, -0.2) is 14.3 Å². The van der Waals surface area contributed by atoms with Crippen molar-refractivity contribution in [2.24, 2.45) is 5.73 Å². The van der Waals surface area contributed by atoms with E-state index in [0.717, 1.165) is 5.56 Å². The third-order valence-corrected chi connectivity index (χ3v) is 5.54. The maximum atomic E-state index is 12.5. The van der Waals surface area contributed by atoms with Crippen LogP contribution in [0.15, 0.2) is 45.8 Å². The number of carbonyl (C=O) groups excluding carboxylic acids is 1. The van der Waals surface area contributed by atoms with Gasteiger partial charge in [-0.1, -0.05) is 17.7 Å². The Labute approximate surface area is 141 Å². The van der Waals surface area contributed by atoms with Crippen LogP contribution in [0.1, 0.15) is 15.9 Å². The van der Waals surface area contributed by atoms with Crippen molar-refractivity contribution in [2.45, 2.75) is 11.8 Å². The van der Waals surface area contributed by atoms with Crippen LogP contribution in [0.5, 0.6) is 0 Å². The molecule has 22 heavy (non-hydrogen) atoms. The van der Waals surface area contributed by atoms with Gasteiger partial charge in [-0.05, 0) is 58.7 Å². The fourth-order valence-electron chi connectivity index (χ4n) is 1.78. The molecule has 0 radical (unpaired) electrons. The lowest BCUT2D eigenvalue weighted by molar-refractivity contribution is 0.100. The molecule has 0 bridgehead atoms. The fourth-order valence-corrected chi connectivity index (χ4v) is 4.26. The highest BCUT2D eigenvalue weighted by atomic mass is 79.9. The van der Waals surface area contributed by atoms with E-state index in [0.29, 0.717) is 4.47 Å². The molecule has 5 nitrogen and oxygen atoms in total. The zero-order valence-electron chi connectivity index (χ0n) is 11.4. The molecule has 2 rings (SSSR count). The van der Waals surface area contributed by atoms with Crippen LogP contribution in [0.25, 0.3) is 0 Å². The second-order valence-electron chi connectivity index (χ2n) is 4.60. The van der Waals surface area contributed by atoms with Crippen molar-refractivity contribution in [1.29, 1.82) is 0 Å². The summed E-state index contributed by atoms with van der Waals surface area (Å²) in [4.78, 5) is 11.3. The van der Waals surface area contributed by atoms with Crippen molar-refractivity contribution in [3.63, 3.8) is 0 Å². The number of hydrogen-bond acceptors (Lipinski definition) is 3. The van der Waals surface area contributed by atoms with Crippen LogP contribution >= 0.6 is 27.5 Å². The molecule has 0 aliphatic heterocycles. The van der Waals surface area contributed by atoms with Gasteiger partial charge >= 0.3 is 0 Å². The van der Waals surface area contributed by atoms with E-state index in [4.69, 9.17) is 17.3 Å². The number of amides is 1. The monoisotopic (exact) mass is 402 g/mol. The summed E-state index contributed by atoms with van der Waals surface area (Å²) in [5.41, 5.74) is 6.34. The Morgan fingerprint density at radius 1 is 1.23 bits per heavy atom. The van der Waals surface area contributed by atoms with Gasteiger partial charge in [0.05, 0.1) is 10.7 Å². The number of carbonyl (C=O) groups is 1. The zero-order valence-corrected chi connectivity index (χ0v) is 14.6. The first-order valence-electron chi connectivity index (χ1n) is 6.09. The molecule has 116 valence electrons. The smallest absolute Gasteiger partial charge is 0.263 e. The molecule has 0 atom stereocenters. The maximum Gasteiger partial charge on any atom is 0.263 e. The Morgan fingerprint density at radius 2 is 1.91 bits per heavy atom. The number of aryl methyl sites for hydroxylation is 1. The van der Waals surface area contributed by atoms with E-state index in [-0.39, 0.29) is 21.2 Å². The Bertz CT molecular complexity index is 853. The quantitative estimate of drug-likeness (QED) is 0.820. The van der Waals surface area contributed by atoms with Crippen LogP contribution in [0.3, 0.4) is 0 Å². The van der Waals surface area contributed by atoms with Gasteiger partial charge in [-0.25, -0.2) is 8.42 Å². The van der Waals surface area contributed by atoms with E-state index >= 15 is 0 Å². The molecule has 0 heterocycles. The summed E-state index contributed by atoms with van der Waals surface area (Å²) in [7, 11) is -3.86. The second-order valence-corrected chi connectivity index (χ2v) is 7.51. The van der Waals surface area contributed by atoms with Gasteiger partial charge in [-0.2, -0.15) is 0 Å². The SMILES string of the molecule is Cc1ccc(S(=O)(=O)Nc2cc(C(N)=O)ccc2Cl)c(Br)c1. The summed E-state index contributed by atoms with van der Waals surface area (Å²) >= 11 is 9.19. The number of benzene rings is 2. The average Bonchev–Trinajstić information content (AvgIpc) is 2.40. The molecule has 0 saturated heterocycles. The first-order chi connectivity index (χ1) is 10.2. The highest BCUT2D eigenvalue weighted by molar-refractivity contribution is 9.10. The van der Waals surface area contributed by atoms with Crippen LogP contribution in [-0.2, 0) is 10.0 Å². The highest BCUT2D eigenvalue weighted by Gasteiger charge is 2.19. The minimum absolute atomic E-state index is 0.0682. The molecular formula is C14H12BrClN2O3S. The van der Waals surface area contributed by atoms with Gasteiger partial charge in [-0.15, -0.1) is 0 Å². The fraction of sp³-hybridized carbons (Fsp3) is 0.0714. The predicted molar refractivity (Wildman–Crippen MR) is 89.7 cm³/mol. The highest BCUT2D eigenvalue weighted by Crippen LogP contribution is 2.29. The van der Waals surface area contributed by atoms with E-state index < -0.39 is 15.9 Å². The van der Waals surface area contributed by atoms with Crippen LogP contribution in [0, 0.1) is 6.92 Å². The van der Waals surface area contributed by atoms with Gasteiger partial charge in [0, 0.05) is 10.0 Å². The molecule has 0 aliphatic rings. The molecule has 0 unspecified atom stereocenters. The largest absolute Gasteiger partial charge is 0.366 e. The Hall–Kier alpha value is -1.57. The lowest BCUT2D eigenvalue weighted by Gasteiger charge is -2.12. The van der Waals surface area contributed by atoms with E-state index in [9.17, 15) is 13.2 Å². The molecule has 8 heteroatoms. The summed E-state index contributed by atoms with van der Waals surface area (Å²) in [5, 5.41) is 0.164. The van der Waals surface area contributed by atoms with Gasteiger partial charge in [0.15, 0.2) is 0 Å². The normalized spacial score (nSPS) is 11.2. The molecular weight excluding hydrogens is 392 g/mol. The van der Waals surface area contributed by atoms with Crippen molar-refractivity contribution >= 4 is 49.1 Å². The third-order valence-electron chi connectivity index (χ3n) is 2.87. The summed E-state index contributed by atoms with van der Waals surface area (Å²) in [6, 6.07) is 8.97. The number of nitrogens with one attached hydrogen (secondary N) is 1. The van der Waals surface area contributed by atoms with Crippen molar-refractivity contribution < 1.29 is 13.2 Å². The molecule has 0 spiro atoms. The van der Waals surface area contributed by atoms with Crippen molar-refractivity contribution in [1.82, 2.24) is 0 Å². The summed E-state index contributed by atoms with van der Waals surface area (Å²) in [6.45, 7) is 1.85. The molecule has 0 fully saturated rings. The number of anilines is 1. The van der Waals surface area contributed by atoms with Crippen molar-refractivity contribution in [3.05, 3.63) is 57.0 Å². The van der Waals surface area contributed by atoms with Gasteiger partial charge in [0.1, 0.15) is 4.90 Å². The van der Waals surface area contributed by atoms with Crippen molar-refractivity contribution in [2.75, 3.05) is 4.72 Å². The maximum absolute atomic E-state index is 12.5. The first kappa shape index (κ1) is 16.8. The number of primary amides is 1. The number of halogens is 2. The van der Waals surface area contributed by atoms with Gasteiger partial charge in [-0.3, -0.25) is 9.52 Å². The standard InChI is InChI=1S/C14H12BrClN2O3S/c1-8-2-5-13(10(15)6-8)22(20,21)18-12-7-9(14(17)19)3-4-11(12)16/h2-7,18H,1H3,(H2,17,19). The minimum Gasteiger partial charge on any atom is -0.366 e. The molecule has 0 aromatic heterocycles. The van der Waals surface area contributed by atoms with Gasteiger partial charge in [0.2, 0.25) is 5.91 Å². The van der Waals surface area contributed by atoms with Crippen LogP contribution in [0.2, 0.25) is 5.02 Å². The number of rotatable bonds is 4. The predicted octanol–water partition coefficient (Wildman–Crippen LogP) is 3.31. The number of sulfonamides is 1. The van der Waals surface area contributed by atoms with Crippen LogP contribution < -0.4 is 10.5 Å². The van der Waals surface area contributed by atoms with E-state index in [1.54, 1.807) is 12.1 Å². The molecule has 1 amide bonds. The van der Waals surface area contributed by atoms with E-state index in [1.165, 1.54) is 24.3 Å². The second kappa shape index (κ2) is 6.28. The molecule has 0 saturated carbocycles. The topological polar surface area (TPSA) is 89.3 Å². The van der Waals surface area contributed by atoms with Crippen molar-refractivity contribution in [3.8, 4) is 0 Å². The molecule has 2 aromatic carbocycles. The summed E-state index contributed by atoms with van der Waals surface area (Å²) in [6.07, 6.45) is 0. The molecule has 2 aromatic rings. The van der Waals surface area contributed by atoms with E-state index in [2.05, 4.69) is 20.7 Å². The zero-order chi connectivity index (χ0) is 16.5. The Balaban J connectivity index is 2.45. The van der Waals surface area contributed by atoms with E-state index in [1.807, 2.05) is 6.92 Å². The van der Waals surface area contributed by atoms with Gasteiger partial charge < -0.3 is 5.73 Å². The summed E-state index contributed by atoms with van der Waals surface area (Å²) < 4.78 is 27.7. The minimum atomic E-state index is -3.86. The number of nitrogens with two attached hydrogens (primary N) is 1. The first-order valence-corrected chi connectivity index (χ1v) is 8.74. The van der Waals surface area contributed by atoms with Crippen LogP contribution in [0.4, 0.5) is 5.69 Å². The summed E-state index contributed by atoms with van der Waals surface area (Å²) in [5.74, 6) is -0.673. The lowest BCUT2D eigenvalue weighted by Crippen LogP contribution is -2.16. The Morgan fingerprint density at radius 3 is 2.50 bits per heavy atom. The average molecular weight is 404 g/mol. The molecule has 0 aliphatic carbocycles. The number of hydrogen-bond donors (Lipinski definition) is 2. The lowest BCUT2D eigenvalue weighted by atomic mass is 10.2. The third kappa shape index (κ3) is 3.60. The molecule has 3 N–H and O–H groups in total.